The zero-order valence-corrected chi connectivity index (χ0v) is 11.6. The Morgan fingerprint density at radius 1 is 1.35 bits per heavy atom. The van der Waals surface area contributed by atoms with Crippen molar-refractivity contribution in [3.63, 3.8) is 0 Å². The fourth-order valence-electron chi connectivity index (χ4n) is 2.29. The molecule has 3 rings (SSSR count). The molecular formula is C13H15FN4OS. The first-order valence-corrected chi connectivity index (χ1v) is 7.97. The first kappa shape index (κ1) is 13.2. The van der Waals surface area contributed by atoms with Gasteiger partial charge in [-0.2, -0.15) is 5.10 Å². The number of hydrogen-bond donors (Lipinski definition) is 1. The number of hydrogen-bond acceptors (Lipinski definition) is 4. The summed E-state index contributed by atoms with van der Waals surface area (Å²) in [7, 11) is -0.680. The number of rotatable bonds is 3. The zero-order valence-electron chi connectivity index (χ0n) is 10.8. The van der Waals surface area contributed by atoms with Crippen molar-refractivity contribution in [2.75, 3.05) is 16.8 Å². The molecule has 1 aromatic heterocycles. The number of aromatic nitrogens is 3. The van der Waals surface area contributed by atoms with E-state index in [0.717, 1.165) is 30.0 Å². The Labute approximate surface area is 118 Å². The van der Waals surface area contributed by atoms with Crippen LogP contribution in [-0.2, 0) is 10.8 Å². The molecule has 2 heterocycles. The van der Waals surface area contributed by atoms with E-state index >= 15 is 0 Å². The van der Waals surface area contributed by atoms with E-state index in [-0.39, 0.29) is 11.9 Å². The Hall–Kier alpha value is -1.76. The van der Waals surface area contributed by atoms with Crippen LogP contribution < -0.4 is 5.32 Å². The molecule has 0 aliphatic carbocycles. The molecule has 1 aliphatic rings. The van der Waals surface area contributed by atoms with Gasteiger partial charge in [-0.05, 0) is 31.0 Å². The van der Waals surface area contributed by atoms with Gasteiger partial charge in [-0.1, -0.05) is 0 Å². The van der Waals surface area contributed by atoms with Gasteiger partial charge in [0.2, 0.25) is 0 Å². The molecule has 0 atom stereocenters. The highest BCUT2D eigenvalue weighted by Gasteiger charge is 2.18. The molecule has 5 nitrogen and oxygen atoms in total. The molecule has 7 heteroatoms. The highest BCUT2D eigenvalue weighted by Crippen LogP contribution is 2.20. The molecule has 1 N–H and O–H groups in total. The van der Waals surface area contributed by atoms with Crippen LogP contribution in [0.4, 0.5) is 10.1 Å². The number of nitrogens with one attached hydrogen (secondary N) is 1. The smallest absolute Gasteiger partial charge is 0.150 e. The molecule has 1 aliphatic heterocycles. The van der Waals surface area contributed by atoms with E-state index in [0.29, 0.717) is 5.69 Å². The van der Waals surface area contributed by atoms with Crippen molar-refractivity contribution < 1.29 is 8.60 Å². The molecule has 2 aromatic rings. The minimum absolute atomic E-state index is 0.268. The summed E-state index contributed by atoms with van der Waals surface area (Å²) >= 11 is 0. The average Bonchev–Trinajstić information content (AvgIpc) is 2.95. The molecule has 0 bridgehead atoms. The number of nitrogens with zero attached hydrogens (tertiary/aromatic N) is 3. The standard InChI is InChI=1S/C13H15FN4OS/c14-12-7-11(17-10-3-5-20(19)6-4-10)1-2-13(12)18-9-15-8-16-18/h1-2,7-10,17H,3-6H2. The van der Waals surface area contributed by atoms with Crippen LogP contribution >= 0.6 is 0 Å². The van der Waals surface area contributed by atoms with Crippen molar-refractivity contribution in [2.24, 2.45) is 0 Å². The lowest BCUT2D eigenvalue weighted by Crippen LogP contribution is -2.29. The molecule has 1 saturated heterocycles. The van der Waals surface area contributed by atoms with E-state index in [9.17, 15) is 8.60 Å². The Bertz CT molecular complexity index is 607. The van der Waals surface area contributed by atoms with E-state index in [1.54, 1.807) is 6.07 Å². The minimum atomic E-state index is -0.680. The van der Waals surface area contributed by atoms with Crippen LogP contribution in [-0.4, -0.2) is 36.5 Å². The van der Waals surface area contributed by atoms with Crippen LogP contribution in [0.25, 0.3) is 5.69 Å². The van der Waals surface area contributed by atoms with Gasteiger partial charge in [0.1, 0.15) is 18.3 Å². The molecule has 0 spiro atoms. The topological polar surface area (TPSA) is 59.8 Å². The van der Waals surface area contributed by atoms with Crippen LogP contribution in [0.5, 0.6) is 0 Å². The predicted molar refractivity (Wildman–Crippen MR) is 75.8 cm³/mol. The van der Waals surface area contributed by atoms with Crippen molar-refractivity contribution in [2.45, 2.75) is 18.9 Å². The summed E-state index contributed by atoms with van der Waals surface area (Å²) in [4.78, 5) is 3.80. The van der Waals surface area contributed by atoms with Crippen molar-refractivity contribution in [3.8, 4) is 5.69 Å². The van der Waals surface area contributed by atoms with Gasteiger partial charge in [0.25, 0.3) is 0 Å². The second-order valence-electron chi connectivity index (χ2n) is 4.77. The zero-order chi connectivity index (χ0) is 13.9. The molecule has 106 valence electrons. The number of benzene rings is 1. The molecule has 0 radical (unpaired) electrons. The molecular weight excluding hydrogens is 279 g/mol. The van der Waals surface area contributed by atoms with Gasteiger partial charge in [0, 0.05) is 34.0 Å². The molecule has 0 saturated carbocycles. The Morgan fingerprint density at radius 3 is 2.80 bits per heavy atom. The summed E-state index contributed by atoms with van der Waals surface area (Å²) in [5, 5.41) is 7.21. The van der Waals surface area contributed by atoms with Crippen molar-refractivity contribution >= 4 is 16.5 Å². The second kappa shape index (κ2) is 5.70. The molecule has 20 heavy (non-hydrogen) atoms. The third-order valence-corrected chi connectivity index (χ3v) is 4.75. The lowest BCUT2D eigenvalue weighted by molar-refractivity contribution is 0.606. The maximum Gasteiger partial charge on any atom is 0.150 e. The lowest BCUT2D eigenvalue weighted by Gasteiger charge is -2.23. The Balaban J connectivity index is 1.72. The maximum absolute atomic E-state index is 14.1. The van der Waals surface area contributed by atoms with Gasteiger partial charge < -0.3 is 5.32 Å². The summed E-state index contributed by atoms with van der Waals surface area (Å²) in [5.41, 5.74) is 1.11. The SMILES string of the molecule is O=S1CCC(Nc2ccc(-n3cncn3)c(F)c2)CC1. The van der Waals surface area contributed by atoms with Crippen LogP contribution in [0.15, 0.2) is 30.9 Å². The normalized spacial score (nSPS) is 22.6. The van der Waals surface area contributed by atoms with E-state index in [2.05, 4.69) is 15.4 Å². The molecule has 0 unspecified atom stereocenters. The van der Waals surface area contributed by atoms with Gasteiger partial charge in [-0.15, -0.1) is 0 Å². The fraction of sp³-hybridized carbons (Fsp3) is 0.385. The van der Waals surface area contributed by atoms with Crippen molar-refractivity contribution in [1.29, 1.82) is 0 Å². The third-order valence-electron chi connectivity index (χ3n) is 3.37. The largest absolute Gasteiger partial charge is 0.382 e. The van der Waals surface area contributed by atoms with Gasteiger partial charge in [-0.25, -0.2) is 14.1 Å². The van der Waals surface area contributed by atoms with Crippen LogP contribution in [0, 0.1) is 5.82 Å². The molecule has 1 fully saturated rings. The van der Waals surface area contributed by atoms with E-state index in [1.165, 1.54) is 23.4 Å². The number of halogens is 1. The quantitative estimate of drug-likeness (QED) is 0.936. The Morgan fingerprint density at radius 2 is 2.15 bits per heavy atom. The van der Waals surface area contributed by atoms with E-state index in [1.807, 2.05) is 6.07 Å². The van der Waals surface area contributed by atoms with Crippen molar-refractivity contribution in [1.82, 2.24) is 14.8 Å². The number of anilines is 1. The predicted octanol–water partition coefficient (Wildman–Crippen LogP) is 1.73. The van der Waals surface area contributed by atoms with Crippen LogP contribution in [0.2, 0.25) is 0 Å². The van der Waals surface area contributed by atoms with Gasteiger partial charge in [-0.3, -0.25) is 4.21 Å². The highest BCUT2D eigenvalue weighted by molar-refractivity contribution is 7.85. The maximum atomic E-state index is 14.1. The van der Waals surface area contributed by atoms with E-state index < -0.39 is 10.8 Å². The summed E-state index contributed by atoms with van der Waals surface area (Å²) in [6, 6.07) is 5.23. The van der Waals surface area contributed by atoms with Gasteiger partial charge in [0.05, 0.1) is 0 Å². The monoisotopic (exact) mass is 294 g/mol. The van der Waals surface area contributed by atoms with Gasteiger partial charge in [0.15, 0.2) is 5.82 Å². The first-order valence-electron chi connectivity index (χ1n) is 6.48. The van der Waals surface area contributed by atoms with Crippen LogP contribution in [0.1, 0.15) is 12.8 Å². The third kappa shape index (κ3) is 2.87. The molecule has 0 amide bonds. The fourth-order valence-corrected chi connectivity index (χ4v) is 3.59. The highest BCUT2D eigenvalue weighted by atomic mass is 32.2. The average molecular weight is 294 g/mol. The first-order chi connectivity index (χ1) is 9.72. The lowest BCUT2D eigenvalue weighted by atomic mass is 10.1. The minimum Gasteiger partial charge on any atom is -0.382 e. The van der Waals surface area contributed by atoms with Crippen LogP contribution in [0.3, 0.4) is 0 Å². The summed E-state index contributed by atoms with van der Waals surface area (Å²) in [6.45, 7) is 0. The molecule has 1 aromatic carbocycles. The summed E-state index contributed by atoms with van der Waals surface area (Å²) in [5.74, 6) is 1.09. The van der Waals surface area contributed by atoms with Crippen molar-refractivity contribution in [3.05, 3.63) is 36.7 Å². The van der Waals surface area contributed by atoms with E-state index in [4.69, 9.17) is 0 Å². The summed E-state index contributed by atoms with van der Waals surface area (Å²) in [6.07, 6.45) is 4.55. The second-order valence-corrected chi connectivity index (χ2v) is 6.47. The Kier molecular flexibility index (Phi) is 3.77. The van der Waals surface area contributed by atoms with Gasteiger partial charge >= 0.3 is 0 Å². The summed E-state index contributed by atoms with van der Waals surface area (Å²) < 4.78 is 26.7.